The average molecular weight is 281 g/mol. The number of hydrogen-bond donors (Lipinski definition) is 1. The molecule has 2 aliphatic rings. The van der Waals surface area contributed by atoms with Crippen LogP contribution in [0.15, 0.2) is 0 Å². The maximum Gasteiger partial charge on any atom is 0.00619 e. The van der Waals surface area contributed by atoms with Gasteiger partial charge in [0.2, 0.25) is 0 Å². The van der Waals surface area contributed by atoms with Crippen molar-refractivity contribution < 1.29 is 0 Å². The molecule has 1 unspecified atom stereocenters. The van der Waals surface area contributed by atoms with Crippen molar-refractivity contribution in [2.24, 2.45) is 5.92 Å². The van der Waals surface area contributed by atoms with Gasteiger partial charge in [-0.3, -0.25) is 0 Å². The number of rotatable bonds is 8. The summed E-state index contributed by atoms with van der Waals surface area (Å²) in [5, 5.41) is 3.41. The number of likely N-dealkylation sites (tertiary alicyclic amines) is 2. The molecule has 2 fully saturated rings. The molecule has 0 saturated carbocycles. The number of nitrogens with one attached hydrogen (secondary N) is 1. The molecule has 0 bridgehead atoms. The van der Waals surface area contributed by atoms with Crippen LogP contribution in [-0.2, 0) is 0 Å². The molecule has 0 amide bonds. The van der Waals surface area contributed by atoms with Crippen LogP contribution < -0.4 is 5.32 Å². The van der Waals surface area contributed by atoms with Gasteiger partial charge in [0.05, 0.1) is 0 Å². The zero-order chi connectivity index (χ0) is 14.2. The van der Waals surface area contributed by atoms with Crippen molar-refractivity contribution >= 4 is 0 Å². The van der Waals surface area contributed by atoms with E-state index in [2.05, 4.69) is 29.1 Å². The molecule has 1 N–H and O–H groups in total. The van der Waals surface area contributed by atoms with Gasteiger partial charge in [0.15, 0.2) is 0 Å². The van der Waals surface area contributed by atoms with E-state index in [0.717, 1.165) is 12.0 Å². The Labute approximate surface area is 126 Å². The highest BCUT2D eigenvalue weighted by Gasteiger charge is 2.22. The zero-order valence-electron chi connectivity index (χ0n) is 13.7. The third-order valence-corrected chi connectivity index (χ3v) is 5.35. The molecule has 0 radical (unpaired) electrons. The summed E-state index contributed by atoms with van der Waals surface area (Å²) in [7, 11) is 2.10. The predicted octanol–water partition coefficient (Wildman–Crippen LogP) is 2.57. The minimum absolute atomic E-state index is 0.725. The molecule has 3 nitrogen and oxygen atoms in total. The second kappa shape index (κ2) is 9.01. The van der Waals surface area contributed by atoms with Gasteiger partial charge in [0.25, 0.3) is 0 Å². The van der Waals surface area contributed by atoms with Gasteiger partial charge in [0, 0.05) is 12.6 Å². The fourth-order valence-electron chi connectivity index (χ4n) is 3.84. The summed E-state index contributed by atoms with van der Waals surface area (Å²) in [6.45, 7) is 10.4. The Bertz CT molecular complexity index is 239. The maximum atomic E-state index is 3.41. The van der Waals surface area contributed by atoms with E-state index in [9.17, 15) is 0 Å². The van der Waals surface area contributed by atoms with Crippen molar-refractivity contribution in [3.63, 3.8) is 0 Å². The van der Waals surface area contributed by atoms with Crippen LogP contribution in [0.2, 0.25) is 0 Å². The third-order valence-electron chi connectivity index (χ3n) is 5.35. The van der Waals surface area contributed by atoms with Gasteiger partial charge in [-0.2, -0.15) is 0 Å². The van der Waals surface area contributed by atoms with Gasteiger partial charge in [-0.25, -0.2) is 0 Å². The Kier molecular flexibility index (Phi) is 7.32. The van der Waals surface area contributed by atoms with Crippen LogP contribution in [-0.4, -0.2) is 62.2 Å². The molecular weight excluding hydrogens is 246 g/mol. The van der Waals surface area contributed by atoms with Gasteiger partial charge in [-0.1, -0.05) is 6.92 Å². The Morgan fingerprint density at radius 3 is 2.35 bits per heavy atom. The molecule has 0 aromatic heterocycles. The minimum Gasteiger partial charge on any atom is -0.317 e. The molecule has 2 rings (SSSR count). The molecule has 3 heteroatoms. The highest BCUT2D eigenvalue weighted by atomic mass is 15.2. The first kappa shape index (κ1) is 16.3. The Hall–Kier alpha value is -0.120. The monoisotopic (exact) mass is 281 g/mol. The average Bonchev–Trinajstić information content (AvgIpc) is 2.98. The molecule has 0 aromatic carbocycles. The van der Waals surface area contributed by atoms with Crippen LogP contribution in [0.5, 0.6) is 0 Å². The van der Waals surface area contributed by atoms with Crippen LogP contribution in [0.3, 0.4) is 0 Å². The second-order valence-electron chi connectivity index (χ2n) is 6.83. The van der Waals surface area contributed by atoms with Crippen LogP contribution in [0.4, 0.5) is 0 Å². The second-order valence-corrected chi connectivity index (χ2v) is 6.83. The third kappa shape index (κ3) is 5.34. The highest BCUT2D eigenvalue weighted by Crippen LogP contribution is 2.21. The van der Waals surface area contributed by atoms with Gasteiger partial charge in [-0.05, 0) is 90.6 Å². The summed E-state index contributed by atoms with van der Waals surface area (Å²) in [5.41, 5.74) is 0. The van der Waals surface area contributed by atoms with E-state index in [1.807, 2.05) is 0 Å². The van der Waals surface area contributed by atoms with E-state index in [1.165, 1.54) is 84.2 Å². The first-order valence-electron chi connectivity index (χ1n) is 8.93. The van der Waals surface area contributed by atoms with E-state index in [4.69, 9.17) is 0 Å². The summed E-state index contributed by atoms with van der Waals surface area (Å²) >= 11 is 0. The van der Waals surface area contributed by atoms with Crippen LogP contribution in [0.1, 0.15) is 51.9 Å². The van der Waals surface area contributed by atoms with Gasteiger partial charge < -0.3 is 15.1 Å². The lowest BCUT2D eigenvalue weighted by atomic mass is 9.96. The summed E-state index contributed by atoms with van der Waals surface area (Å²) in [4.78, 5) is 5.39. The number of piperidine rings is 1. The van der Waals surface area contributed by atoms with Gasteiger partial charge in [-0.15, -0.1) is 0 Å². The van der Waals surface area contributed by atoms with E-state index < -0.39 is 0 Å². The number of nitrogens with zero attached hydrogens (tertiary/aromatic N) is 2. The molecule has 0 spiro atoms. The minimum atomic E-state index is 0.725. The SMILES string of the molecule is CCC(CCCN1CCC(CN2CCCC2)CC1)NC. The normalized spacial score (nSPS) is 24.3. The standard InChI is InChI=1S/C17H35N3/c1-3-17(18-2)7-6-12-19-13-8-16(9-14-19)15-20-10-4-5-11-20/h16-18H,3-15H2,1-2H3. The van der Waals surface area contributed by atoms with Crippen LogP contribution >= 0.6 is 0 Å². The van der Waals surface area contributed by atoms with Crippen LogP contribution in [0, 0.1) is 5.92 Å². The van der Waals surface area contributed by atoms with E-state index in [1.54, 1.807) is 0 Å². The van der Waals surface area contributed by atoms with Crippen molar-refractivity contribution in [3.8, 4) is 0 Å². The topological polar surface area (TPSA) is 18.5 Å². The molecular formula is C17H35N3. The lowest BCUT2D eigenvalue weighted by molar-refractivity contribution is 0.151. The Morgan fingerprint density at radius 1 is 1.05 bits per heavy atom. The van der Waals surface area contributed by atoms with Crippen molar-refractivity contribution in [2.75, 3.05) is 46.3 Å². The zero-order valence-corrected chi connectivity index (χ0v) is 13.7. The quantitative estimate of drug-likeness (QED) is 0.738. The van der Waals surface area contributed by atoms with Crippen LogP contribution in [0.25, 0.3) is 0 Å². The lowest BCUT2D eigenvalue weighted by Gasteiger charge is -2.34. The molecule has 0 aliphatic carbocycles. The van der Waals surface area contributed by atoms with E-state index in [-0.39, 0.29) is 0 Å². The summed E-state index contributed by atoms with van der Waals surface area (Å²) in [6, 6.07) is 0.725. The van der Waals surface area contributed by atoms with Crippen molar-refractivity contribution in [3.05, 3.63) is 0 Å². The molecule has 20 heavy (non-hydrogen) atoms. The van der Waals surface area contributed by atoms with Crippen molar-refractivity contribution in [1.29, 1.82) is 0 Å². The molecule has 2 saturated heterocycles. The largest absolute Gasteiger partial charge is 0.317 e. The fraction of sp³-hybridized carbons (Fsp3) is 1.00. The van der Waals surface area contributed by atoms with Gasteiger partial charge >= 0.3 is 0 Å². The van der Waals surface area contributed by atoms with E-state index >= 15 is 0 Å². The first-order chi connectivity index (χ1) is 9.81. The lowest BCUT2D eigenvalue weighted by Crippen LogP contribution is -2.38. The summed E-state index contributed by atoms with van der Waals surface area (Å²) in [6.07, 6.45) is 9.68. The van der Waals surface area contributed by atoms with E-state index in [0.29, 0.717) is 0 Å². The molecule has 118 valence electrons. The highest BCUT2D eigenvalue weighted by molar-refractivity contribution is 4.77. The van der Waals surface area contributed by atoms with Crippen molar-refractivity contribution in [2.45, 2.75) is 57.9 Å². The van der Waals surface area contributed by atoms with Crippen molar-refractivity contribution in [1.82, 2.24) is 15.1 Å². The molecule has 0 aromatic rings. The fourth-order valence-corrected chi connectivity index (χ4v) is 3.84. The molecule has 2 heterocycles. The molecule has 1 atom stereocenters. The maximum absolute atomic E-state index is 3.41. The first-order valence-corrected chi connectivity index (χ1v) is 8.93. The Balaban J connectivity index is 1.54. The summed E-state index contributed by atoms with van der Waals surface area (Å²) < 4.78 is 0. The number of hydrogen-bond acceptors (Lipinski definition) is 3. The Morgan fingerprint density at radius 2 is 1.75 bits per heavy atom. The molecule has 2 aliphatic heterocycles. The van der Waals surface area contributed by atoms with Gasteiger partial charge in [0.1, 0.15) is 0 Å². The predicted molar refractivity (Wildman–Crippen MR) is 87.2 cm³/mol. The smallest absolute Gasteiger partial charge is 0.00619 e. The summed E-state index contributed by atoms with van der Waals surface area (Å²) in [5.74, 6) is 0.977.